The molecule has 2 aromatic heterocycles. The fourth-order valence-corrected chi connectivity index (χ4v) is 3.29. The quantitative estimate of drug-likeness (QED) is 0.189. The topological polar surface area (TPSA) is 195 Å². The summed E-state index contributed by atoms with van der Waals surface area (Å²) in [6.45, 7) is -0.986. The Morgan fingerprint density at radius 2 is 1.79 bits per heavy atom. The van der Waals surface area contributed by atoms with Crippen molar-refractivity contribution in [2.45, 2.75) is 24.9 Å². The van der Waals surface area contributed by atoms with Gasteiger partial charge in [-0.1, -0.05) is 18.2 Å². The summed E-state index contributed by atoms with van der Waals surface area (Å²) in [4.78, 5) is 57.5. The molecule has 174 valence electrons. The average Bonchev–Trinajstić information content (AvgIpc) is 3.45. The lowest BCUT2D eigenvalue weighted by Gasteiger charge is -2.18. The van der Waals surface area contributed by atoms with Crippen LogP contribution in [0.4, 0.5) is 0 Å². The van der Waals surface area contributed by atoms with Crippen LogP contribution in [0.15, 0.2) is 43.0 Å². The van der Waals surface area contributed by atoms with Crippen LogP contribution in [0.2, 0.25) is 0 Å². The molecule has 2 atom stereocenters. The summed E-state index contributed by atoms with van der Waals surface area (Å²) >= 11 is 0. The Kier molecular flexibility index (Phi) is 7.76. The van der Waals surface area contributed by atoms with Crippen LogP contribution in [0.1, 0.15) is 11.3 Å². The van der Waals surface area contributed by atoms with E-state index in [2.05, 4.69) is 30.9 Å². The fourth-order valence-electron chi connectivity index (χ4n) is 3.29. The van der Waals surface area contributed by atoms with E-state index in [1.54, 1.807) is 6.20 Å². The van der Waals surface area contributed by atoms with Crippen molar-refractivity contribution in [1.82, 2.24) is 30.9 Å². The molecule has 12 heteroatoms. The Balaban J connectivity index is 1.52. The van der Waals surface area contributed by atoms with Crippen LogP contribution in [0, 0.1) is 0 Å². The number of carbonyl (C=O) groups excluding carboxylic acids is 3. The molecule has 3 amide bonds. The summed E-state index contributed by atoms with van der Waals surface area (Å²) in [6.07, 6.45) is 5.02. The second-order valence-electron chi connectivity index (χ2n) is 7.40. The van der Waals surface area contributed by atoms with Gasteiger partial charge in [0.1, 0.15) is 12.6 Å². The molecule has 2 heterocycles. The molecular weight excluding hydrogens is 430 g/mol. The molecule has 2 unspecified atom stereocenters. The van der Waals surface area contributed by atoms with Gasteiger partial charge in [-0.2, -0.15) is 0 Å². The van der Waals surface area contributed by atoms with Gasteiger partial charge in [-0.15, -0.1) is 0 Å². The van der Waals surface area contributed by atoms with E-state index in [4.69, 9.17) is 10.8 Å². The summed E-state index contributed by atoms with van der Waals surface area (Å²) in [5, 5.41) is 16.9. The molecule has 0 saturated heterocycles. The number of nitrogens with zero attached hydrogens (tertiary/aromatic N) is 1. The minimum Gasteiger partial charge on any atom is -0.480 e. The number of nitrogens with one attached hydrogen (secondary N) is 5. The van der Waals surface area contributed by atoms with E-state index in [-0.39, 0.29) is 12.8 Å². The number of rotatable bonds is 11. The van der Waals surface area contributed by atoms with Gasteiger partial charge in [0.25, 0.3) is 0 Å². The van der Waals surface area contributed by atoms with Gasteiger partial charge in [0.2, 0.25) is 17.7 Å². The van der Waals surface area contributed by atoms with E-state index in [1.807, 2.05) is 24.3 Å². The second kappa shape index (κ2) is 10.9. The highest BCUT2D eigenvalue weighted by molar-refractivity contribution is 5.92. The zero-order chi connectivity index (χ0) is 23.8. The van der Waals surface area contributed by atoms with Crippen LogP contribution < -0.4 is 21.7 Å². The van der Waals surface area contributed by atoms with E-state index in [0.717, 1.165) is 16.5 Å². The third kappa shape index (κ3) is 6.64. The molecule has 12 nitrogen and oxygen atoms in total. The number of carboxylic acids is 1. The Labute approximate surface area is 188 Å². The minimum absolute atomic E-state index is 0.0607. The maximum atomic E-state index is 12.4. The van der Waals surface area contributed by atoms with Gasteiger partial charge >= 0.3 is 5.97 Å². The van der Waals surface area contributed by atoms with E-state index in [1.165, 1.54) is 12.5 Å². The largest absolute Gasteiger partial charge is 0.480 e. The Bertz CT molecular complexity index is 1130. The van der Waals surface area contributed by atoms with Crippen molar-refractivity contribution < 1.29 is 24.3 Å². The number of nitrogens with two attached hydrogens (primary N) is 1. The number of hydrogen-bond donors (Lipinski definition) is 7. The highest BCUT2D eigenvalue weighted by atomic mass is 16.4. The first-order valence-corrected chi connectivity index (χ1v) is 10.2. The number of fused-ring (bicyclic) bond motifs is 1. The molecule has 3 aromatic rings. The van der Waals surface area contributed by atoms with Gasteiger partial charge in [0.05, 0.1) is 18.9 Å². The number of carboxylic acid groups (broad SMARTS) is 1. The maximum Gasteiger partial charge on any atom is 0.322 e. The van der Waals surface area contributed by atoms with Crippen molar-refractivity contribution in [1.29, 1.82) is 0 Å². The highest BCUT2D eigenvalue weighted by Crippen LogP contribution is 2.18. The molecule has 0 aliphatic carbocycles. The number of hydrogen-bond acceptors (Lipinski definition) is 6. The number of amides is 3. The number of aromatic amines is 2. The van der Waals surface area contributed by atoms with E-state index >= 15 is 0 Å². The lowest BCUT2D eigenvalue weighted by molar-refractivity contribution is -0.138. The van der Waals surface area contributed by atoms with Crippen molar-refractivity contribution in [3.63, 3.8) is 0 Å². The number of H-pyrrole nitrogens is 2. The number of aliphatic carboxylic acids is 1. The van der Waals surface area contributed by atoms with Crippen LogP contribution >= 0.6 is 0 Å². The normalized spacial score (nSPS) is 12.6. The van der Waals surface area contributed by atoms with Crippen molar-refractivity contribution in [2.75, 3.05) is 13.1 Å². The number of carbonyl (C=O) groups is 4. The highest BCUT2D eigenvalue weighted by Gasteiger charge is 2.23. The molecule has 0 radical (unpaired) electrons. The predicted octanol–water partition coefficient (Wildman–Crippen LogP) is -1.19. The maximum absolute atomic E-state index is 12.4. The first kappa shape index (κ1) is 23.5. The minimum atomic E-state index is -1.22. The lowest BCUT2D eigenvalue weighted by atomic mass is 10.1. The predicted molar refractivity (Wildman–Crippen MR) is 118 cm³/mol. The van der Waals surface area contributed by atoms with E-state index in [9.17, 15) is 19.2 Å². The monoisotopic (exact) mass is 455 g/mol. The zero-order valence-corrected chi connectivity index (χ0v) is 17.6. The molecule has 0 aliphatic rings. The fraction of sp³-hybridized carbons (Fsp3) is 0.286. The summed E-state index contributed by atoms with van der Waals surface area (Å²) in [5.41, 5.74) is 8.39. The van der Waals surface area contributed by atoms with Crippen LogP contribution in [-0.4, -0.2) is 68.9 Å². The SMILES string of the molecule is NC(Cc1c[nH]c2ccccc12)C(=O)NCC(=O)NC(Cc1cnc[nH]1)C(=O)NCC(=O)O. The van der Waals surface area contributed by atoms with Crippen LogP contribution in [-0.2, 0) is 32.0 Å². The molecule has 0 aliphatic heterocycles. The molecular formula is C21H25N7O5. The average molecular weight is 455 g/mol. The first-order chi connectivity index (χ1) is 15.8. The van der Waals surface area contributed by atoms with Gasteiger partial charge in [0, 0.05) is 35.4 Å². The molecule has 0 fully saturated rings. The van der Waals surface area contributed by atoms with Crippen LogP contribution in [0.25, 0.3) is 10.9 Å². The van der Waals surface area contributed by atoms with Crippen molar-refractivity contribution in [3.8, 4) is 0 Å². The van der Waals surface area contributed by atoms with Crippen LogP contribution in [0.3, 0.4) is 0 Å². The van der Waals surface area contributed by atoms with Gasteiger partial charge in [-0.3, -0.25) is 19.2 Å². The van der Waals surface area contributed by atoms with Crippen molar-refractivity contribution in [3.05, 3.63) is 54.2 Å². The summed E-state index contributed by atoms with van der Waals surface area (Å²) < 4.78 is 0. The van der Waals surface area contributed by atoms with Gasteiger partial charge in [-0.25, -0.2) is 4.98 Å². The summed E-state index contributed by atoms with van der Waals surface area (Å²) in [6, 6.07) is 5.69. The molecule has 0 spiro atoms. The smallest absolute Gasteiger partial charge is 0.322 e. The molecule has 0 bridgehead atoms. The molecule has 0 saturated carbocycles. The summed E-state index contributed by atoms with van der Waals surface area (Å²) in [7, 11) is 0. The Morgan fingerprint density at radius 3 is 2.52 bits per heavy atom. The number of aromatic nitrogens is 3. The third-order valence-electron chi connectivity index (χ3n) is 4.92. The lowest BCUT2D eigenvalue weighted by Crippen LogP contribution is -2.52. The van der Waals surface area contributed by atoms with Crippen molar-refractivity contribution in [2.24, 2.45) is 5.73 Å². The van der Waals surface area contributed by atoms with E-state index < -0.39 is 48.9 Å². The first-order valence-electron chi connectivity index (χ1n) is 10.2. The summed E-state index contributed by atoms with van der Waals surface area (Å²) in [5.74, 6) is -3.04. The van der Waals surface area contributed by atoms with Gasteiger partial charge in [0.15, 0.2) is 0 Å². The van der Waals surface area contributed by atoms with E-state index in [0.29, 0.717) is 5.69 Å². The number of imidazole rings is 1. The number of benzene rings is 1. The van der Waals surface area contributed by atoms with Crippen molar-refractivity contribution >= 4 is 34.6 Å². The van der Waals surface area contributed by atoms with Gasteiger partial charge in [-0.05, 0) is 18.1 Å². The van der Waals surface area contributed by atoms with Crippen LogP contribution in [0.5, 0.6) is 0 Å². The standard InChI is InChI=1S/C21H25N7O5/c22-15(5-12-7-24-16-4-2-1-3-14(12)16)20(32)25-9-18(29)28-17(6-13-8-23-11-27-13)21(33)26-10-19(30)31/h1-4,7-8,11,15,17,24H,5-6,9-10,22H2,(H,23,27)(H,25,32)(H,26,33)(H,28,29)(H,30,31). The Hall–Kier alpha value is -4.19. The molecule has 3 rings (SSSR count). The number of para-hydroxylation sites is 1. The second-order valence-corrected chi connectivity index (χ2v) is 7.40. The van der Waals surface area contributed by atoms with Gasteiger partial charge < -0.3 is 36.8 Å². The molecule has 33 heavy (non-hydrogen) atoms. The third-order valence-corrected chi connectivity index (χ3v) is 4.92. The zero-order valence-electron chi connectivity index (χ0n) is 17.6. The molecule has 8 N–H and O–H groups in total. The molecule has 1 aromatic carbocycles. The Morgan fingerprint density at radius 1 is 1.03 bits per heavy atom.